The predicted octanol–water partition coefficient (Wildman–Crippen LogP) is 14.5. The molecule has 0 saturated heterocycles. The average molecular weight is 1430 g/mol. The molecule has 18 heteroatoms. The number of rotatable bonds is 11. The van der Waals surface area contributed by atoms with E-state index in [4.69, 9.17) is 63.6 Å². The summed E-state index contributed by atoms with van der Waals surface area (Å²) in [5, 5.41) is 12.2. The molecular formula is C42H51Br3Cl3I3O9. The van der Waals surface area contributed by atoms with Crippen molar-refractivity contribution in [2.75, 3.05) is 10.7 Å². The summed E-state index contributed by atoms with van der Waals surface area (Å²) in [7, 11) is 0. The Hall–Kier alpha value is -0.0300. The normalized spacial score (nSPS) is 13.9. The van der Waals surface area contributed by atoms with Crippen molar-refractivity contribution in [2.24, 2.45) is 0 Å². The van der Waals surface area contributed by atoms with Gasteiger partial charge in [-0.2, -0.15) is 0 Å². The zero-order valence-corrected chi connectivity index (χ0v) is 48.2. The number of ether oxygens (including phenoxy) is 5. The standard InChI is InChI=1S/C14H17BrClIO3.C14H16ClIO3.C8H14Br2O2.C6H4ClIO/c1-14(2,3)20-13(18)11(6-7-15)19-12-8-9(16)4-5-10(12)17;1-13(2,3)19-12(17)14(6-7-14)18-11-8-9(15)4-5-10(11)16;1-8(2,3)12-7(11)6(10)4-5-9;7-4-1-2-5(8)6(9)3-4/h4-5,8,11H,6-7H2,1-3H3;4-5,8H,6-7H2,1-3H3;6H,4-5H2,1-3H3;1-3,9H. The highest BCUT2D eigenvalue weighted by molar-refractivity contribution is 14.1. The highest BCUT2D eigenvalue weighted by atomic mass is 127. The van der Waals surface area contributed by atoms with Crippen LogP contribution in [0.2, 0.25) is 15.1 Å². The predicted molar refractivity (Wildman–Crippen MR) is 278 cm³/mol. The lowest BCUT2D eigenvalue weighted by Gasteiger charge is -2.24. The second kappa shape index (κ2) is 26.8. The summed E-state index contributed by atoms with van der Waals surface area (Å²) in [6.07, 6.45) is 1.99. The van der Waals surface area contributed by atoms with E-state index in [1.54, 1.807) is 36.4 Å². The van der Waals surface area contributed by atoms with E-state index in [0.29, 0.717) is 51.2 Å². The van der Waals surface area contributed by atoms with Crippen molar-refractivity contribution in [1.82, 2.24) is 0 Å². The third-order valence-electron chi connectivity index (χ3n) is 6.81. The molecule has 1 saturated carbocycles. The quantitative estimate of drug-likeness (QED) is 0.0867. The molecule has 0 aromatic heterocycles. The summed E-state index contributed by atoms with van der Waals surface area (Å²) in [5.74, 6) is 0.611. The summed E-state index contributed by atoms with van der Waals surface area (Å²) >= 11 is 33.6. The fourth-order valence-electron chi connectivity index (χ4n) is 4.08. The van der Waals surface area contributed by atoms with Gasteiger partial charge in [-0.05, 0) is 191 Å². The SMILES string of the molecule is CC(C)(C)OC(=O)C(Br)CCBr.CC(C)(C)OC(=O)C(CCBr)Oc1cc(Cl)ccc1I.CC(C)(C)OC(=O)C1(Oc2cc(Cl)ccc2I)CC1.Oc1cc(Cl)ccc1I. The zero-order valence-electron chi connectivity index (χ0n) is 34.7. The summed E-state index contributed by atoms with van der Waals surface area (Å²) in [5.41, 5.74) is -2.25. The Kier molecular flexibility index (Phi) is 25.9. The van der Waals surface area contributed by atoms with Gasteiger partial charge in [0.15, 0.2) is 6.10 Å². The van der Waals surface area contributed by atoms with Crippen molar-refractivity contribution < 1.29 is 43.2 Å². The third kappa shape index (κ3) is 24.3. The zero-order chi connectivity index (χ0) is 46.2. The van der Waals surface area contributed by atoms with Crippen LogP contribution in [0.4, 0.5) is 0 Å². The van der Waals surface area contributed by atoms with E-state index in [9.17, 15) is 14.4 Å². The Bertz CT molecular complexity index is 1870. The Balaban J connectivity index is 0.000000418. The number of hydrogen-bond donors (Lipinski definition) is 1. The number of phenols is 1. The first-order chi connectivity index (χ1) is 27.5. The number of esters is 3. The van der Waals surface area contributed by atoms with Crippen molar-refractivity contribution in [3.63, 3.8) is 0 Å². The number of carbonyl (C=O) groups is 3. The second-order valence-electron chi connectivity index (χ2n) is 15.9. The topological polar surface area (TPSA) is 118 Å². The highest BCUT2D eigenvalue weighted by Gasteiger charge is 2.55. The number of hydrogen-bond acceptors (Lipinski definition) is 9. The largest absolute Gasteiger partial charge is 0.507 e. The molecule has 0 aliphatic heterocycles. The van der Waals surface area contributed by atoms with Gasteiger partial charge in [-0.1, -0.05) is 82.6 Å². The van der Waals surface area contributed by atoms with Crippen molar-refractivity contribution >= 4 is 168 Å². The monoisotopic (exact) mass is 1420 g/mol. The van der Waals surface area contributed by atoms with Crippen molar-refractivity contribution in [3.05, 3.63) is 80.4 Å². The molecule has 2 atom stereocenters. The summed E-state index contributed by atoms with van der Waals surface area (Å²) in [6.45, 7) is 16.6. The van der Waals surface area contributed by atoms with E-state index < -0.39 is 28.5 Å². The van der Waals surface area contributed by atoms with Crippen molar-refractivity contribution in [2.45, 2.75) is 121 Å². The molecule has 60 heavy (non-hydrogen) atoms. The molecule has 1 fully saturated rings. The molecule has 0 bridgehead atoms. The minimum atomic E-state index is -0.822. The van der Waals surface area contributed by atoms with Gasteiger partial charge >= 0.3 is 17.9 Å². The number of benzene rings is 3. The fourth-order valence-corrected chi connectivity index (χ4v) is 7.62. The maximum atomic E-state index is 12.2. The van der Waals surface area contributed by atoms with E-state index >= 15 is 0 Å². The minimum absolute atomic E-state index is 0.193. The van der Waals surface area contributed by atoms with Crippen molar-refractivity contribution in [1.29, 1.82) is 0 Å². The molecule has 3 aromatic carbocycles. The molecule has 0 heterocycles. The van der Waals surface area contributed by atoms with Crippen LogP contribution in [0.5, 0.6) is 17.2 Å². The highest BCUT2D eigenvalue weighted by Crippen LogP contribution is 2.43. The van der Waals surface area contributed by atoms with Gasteiger partial charge in [0.05, 0.1) is 10.7 Å². The van der Waals surface area contributed by atoms with Crippen LogP contribution in [0.3, 0.4) is 0 Å². The smallest absolute Gasteiger partial charge is 0.351 e. The average Bonchev–Trinajstić information content (AvgIpc) is 3.89. The maximum absolute atomic E-state index is 12.2. The summed E-state index contributed by atoms with van der Waals surface area (Å²) in [6, 6.07) is 15.7. The Morgan fingerprint density at radius 1 is 0.667 bits per heavy atom. The molecule has 9 nitrogen and oxygen atoms in total. The number of phenolic OH excluding ortho intramolecular Hbond substituents is 1. The van der Waals surface area contributed by atoms with E-state index in [2.05, 4.69) is 93.0 Å². The Labute approximate surface area is 435 Å². The van der Waals surface area contributed by atoms with Crippen LogP contribution in [0, 0.1) is 10.7 Å². The molecule has 336 valence electrons. The molecule has 0 spiro atoms. The van der Waals surface area contributed by atoms with Gasteiger partial charge < -0.3 is 28.8 Å². The van der Waals surface area contributed by atoms with Crippen LogP contribution < -0.4 is 9.47 Å². The molecule has 1 N–H and O–H groups in total. The lowest BCUT2D eigenvalue weighted by Crippen LogP contribution is -2.37. The lowest BCUT2D eigenvalue weighted by atomic mass is 10.2. The fraction of sp³-hybridized carbons (Fsp3) is 0.500. The van der Waals surface area contributed by atoms with Crippen LogP contribution in [0.1, 0.15) is 88.0 Å². The van der Waals surface area contributed by atoms with Gasteiger partial charge in [-0.3, -0.25) is 4.79 Å². The van der Waals surface area contributed by atoms with Crippen molar-refractivity contribution in [3.8, 4) is 17.2 Å². The van der Waals surface area contributed by atoms with Gasteiger partial charge in [0, 0.05) is 45.0 Å². The van der Waals surface area contributed by atoms with E-state index in [1.165, 1.54) is 6.07 Å². The van der Waals surface area contributed by atoms with E-state index in [0.717, 1.165) is 22.5 Å². The molecule has 4 rings (SSSR count). The summed E-state index contributed by atoms with van der Waals surface area (Å²) < 4.78 is 30.2. The Morgan fingerprint density at radius 2 is 1.08 bits per heavy atom. The van der Waals surface area contributed by atoms with Crippen LogP contribution >= 0.6 is 150 Å². The number of alkyl halides is 3. The van der Waals surface area contributed by atoms with Crippen LogP contribution in [-0.4, -0.2) is 67.0 Å². The molecule has 0 radical (unpaired) electrons. The van der Waals surface area contributed by atoms with Gasteiger partial charge in [-0.25, -0.2) is 9.59 Å². The molecular weight excluding hydrogens is 1380 g/mol. The Morgan fingerprint density at radius 3 is 1.50 bits per heavy atom. The molecule has 3 aromatic rings. The second-order valence-corrected chi connectivity index (χ2v) is 23.4. The van der Waals surface area contributed by atoms with E-state index in [1.807, 2.05) is 97.0 Å². The third-order valence-corrected chi connectivity index (χ3v) is 12.0. The van der Waals surface area contributed by atoms with Gasteiger partial charge in [0.2, 0.25) is 5.60 Å². The maximum Gasteiger partial charge on any atom is 0.351 e. The molecule has 1 aliphatic rings. The van der Waals surface area contributed by atoms with E-state index in [-0.39, 0.29) is 28.5 Å². The van der Waals surface area contributed by atoms with Crippen LogP contribution in [0.15, 0.2) is 54.6 Å². The minimum Gasteiger partial charge on any atom is -0.507 e. The lowest BCUT2D eigenvalue weighted by molar-refractivity contribution is -0.166. The van der Waals surface area contributed by atoms with Gasteiger partial charge in [0.1, 0.15) is 38.9 Å². The first kappa shape index (κ1) is 58.0. The van der Waals surface area contributed by atoms with Crippen LogP contribution in [-0.2, 0) is 28.6 Å². The number of aromatic hydroxyl groups is 1. The molecule has 1 aliphatic carbocycles. The summed E-state index contributed by atoms with van der Waals surface area (Å²) in [4.78, 5) is 35.4. The van der Waals surface area contributed by atoms with Crippen LogP contribution in [0.25, 0.3) is 0 Å². The first-order valence-electron chi connectivity index (χ1n) is 18.4. The molecule has 0 amide bonds. The van der Waals surface area contributed by atoms with Gasteiger partial charge in [0.25, 0.3) is 0 Å². The first-order valence-corrected chi connectivity index (χ1v) is 25.9. The number of halogens is 9. The molecule has 2 unspecified atom stereocenters. The number of carbonyl (C=O) groups excluding carboxylic acids is 3. The van der Waals surface area contributed by atoms with Gasteiger partial charge in [-0.15, -0.1) is 0 Å².